The number of benzene rings is 3. The molecule has 3 aromatic carbocycles. The van der Waals surface area contributed by atoms with Gasteiger partial charge in [0.05, 0.1) is 53.6 Å². The van der Waals surface area contributed by atoms with E-state index < -0.39 is 27.2 Å². The Morgan fingerprint density at radius 1 is 1.12 bits per heavy atom. The van der Waals surface area contributed by atoms with Gasteiger partial charge in [0.2, 0.25) is 16.0 Å². The third kappa shape index (κ3) is 5.92. The van der Waals surface area contributed by atoms with Crippen LogP contribution in [0, 0.1) is 13.8 Å². The molecule has 2 N–H and O–H groups in total. The van der Waals surface area contributed by atoms with Gasteiger partial charge < -0.3 is 15.0 Å². The topological polar surface area (TPSA) is 140 Å². The number of rotatable bonds is 9. The maximum atomic E-state index is 13.9. The highest BCUT2D eigenvalue weighted by molar-refractivity contribution is 7.90. The van der Waals surface area contributed by atoms with Crippen molar-refractivity contribution >= 4 is 50.1 Å². The molecule has 50 heavy (non-hydrogen) atoms. The molecule has 0 spiro atoms. The van der Waals surface area contributed by atoms with Gasteiger partial charge in [-0.05, 0) is 68.1 Å². The molecule has 1 amide bonds. The van der Waals surface area contributed by atoms with Gasteiger partial charge in [-0.2, -0.15) is 5.10 Å². The van der Waals surface area contributed by atoms with E-state index in [-0.39, 0.29) is 24.3 Å². The summed E-state index contributed by atoms with van der Waals surface area (Å²) < 4.78 is 36.5. The molecule has 2 aliphatic rings. The summed E-state index contributed by atoms with van der Waals surface area (Å²) in [7, 11) is -2.22. The van der Waals surface area contributed by atoms with Crippen LogP contribution in [0.15, 0.2) is 59.5 Å². The number of halogens is 1. The fourth-order valence-corrected chi connectivity index (χ4v) is 8.08. The Hall–Kier alpha value is -4.72. The second kappa shape index (κ2) is 12.9. The number of ether oxygens (including phenoxy) is 1. The van der Waals surface area contributed by atoms with Gasteiger partial charge in [-0.15, -0.1) is 0 Å². The number of nitrogens with one attached hydrogen (secondary N) is 2. The van der Waals surface area contributed by atoms with Gasteiger partial charge in [0, 0.05) is 41.6 Å². The van der Waals surface area contributed by atoms with Gasteiger partial charge in [-0.25, -0.2) is 22.8 Å². The molecule has 0 bridgehead atoms. The number of hydrogen-bond acceptors (Lipinski definition) is 9. The zero-order valence-electron chi connectivity index (χ0n) is 28.4. The van der Waals surface area contributed by atoms with Crippen LogP contribution in [-0.4, -0.2) is 52.1 Å². The molecule has 1 saturated heterocycles. The molecular weight excluding hydrogens is 678 g/mol. The summed E-state index contributed by atoms with van der Waals surface area (Å²) in [4.78, 5) is 34.6. The Labute approximate surface area is 295 Å². The van der Waals surface area contributed by atoms with Crippen LogP contribution >= 0.6 is 11.6 Å². The summed E-state index contributed by atoms with van der Waals surface area (Å²) in [5.74, 6) is -0.252. The molecule has 1 fully saturated rings. The highest BCUT2D eigenvalue weighted by Crippen LogP contribution is 2.34. The highest BCUT2D eigenvalue weighted by Gasteiger charge is 2.35. The first kappa shape index (κ1) is 33.8. The Morgan fingerprint density at radius 3 is 2.56 bits per heavy atom. The third-order valence-electron chi connectivity index (χ3n) is 9.51. The van der Waals surface area contributed by atoms with Crippen molar-refractivity contribution in [1.82, 2.24) is 24.1 Å². The van der Waals surface area contributed by atoms with Gasteiger partial charge >= 0.3 is 0 Å². The van der Waals surface area contributed by atoms with Crippen LogP contribution in [0.2, 0.25) is 5.02 Å². The van der Waals surface area contributed by atoms with Gasteiger partial charge in [0.1, 0.15) is 5.25 Å². The van der Waals surface area contributed by atoms with E-state index in [9.17, 15) is 18.0 Å². The van der Waals surface area contributed by atoms with Crippen LogP contribution in [-0.2, 0) is 41.3 Å². The number of anilines is 2. The predicted molar refractivity (Wildman–Crippen MR) is 194 cm³/mol. The summed E-state index contributed by atoms with van der Waals surface area (Å²) in [5.41, 5.74) is 7.18. The second-order valence-electron chi connectivity index (χ2n) is 13.0. The van der Waals surface area contributed by atoms with E-state index >= 15 is 0 Å². The monoisotopic (exact) mass is 715 g/mol. The van der Waals surface area contributed by atoms with Crippen LogP contribution < -0.4 is 20.5 Å². The van der Waals surface area contributed by atoms with E-state index in [2.05, 4.69) is 23.0 Å². The van der Waals surface area contributed by atoms with E-state index in [4.69, 9.17) is 26.4 Å². The minimum Gasteiger partial charge on any atom is -0.378 e. The van der Waals surface area contributed by atoms with Gasteiger partial charge in [-0.3, -0.25) is 14.2 Å². The summed E-state index contributed by atoms with van der Waals surface area (Å²) in [6, 6.07) is 14.8. The third-order valence-corrected chi connectivity index (χ3v) is 11.5. The SMILES string of the molecule is CCc1c(Cl)ccc(N[C@H](C)c2cc(C)cc3c(=O)n(C)c(N4Cc5cn(-c6ccccc6C)nc5C4)nc23)c1C(=O)NS(=O)(=O)C1COC1. The maximum Gasteiger partial charge on any atom is 0.267 e. The molecular formula is C36H38ClN7O5S. The van der Waals surface area contributed by atoms with E-state index in [1.54, 1.807) is 23.7 Å². The molecule has 14 heteroatoms. The van der Waals surface area contributed by atoms with Crippen molar-refractivity contribution in [2.24, 2.45) is 7.05 Å². The molecule has 0 unspecified atom stereocenters. The number of hydrogen-bond donors (Lipinski definition) is 2. The number of sulfonamides is 1. The maximum absolute atomic E-state index is 13.9. The van der Waals surface area contributed by atoms with Gasteiger partial charge in [-0.1, -0.05) is 42.8 Å². The normalized spacial score (nSPS) is 15.2. The minimum atomic E-state index is -3.95. The molecule has 7 rings (SSSR count). The molecule has 260 valence electrons. The van der Waals surface area contributed by atoms with Crippen LogP contribution in [0.3, 0.4) is 0 Å². The second-order valence-corrected chi connectivity index (χ2v) is 15.4. The molecule has 5 aromatic rings. The lowest BCUT2D eigenvalue weighted by molar-refractivity contribution is 0.0411. The Kier molecular flexibility index (Phi) is 8.69. The average molecular weight is 716 g/mol. The number of carbonyl (C=O) groups is 1. The first-order valence-electron chi connectivity index (χ1n) is 16.5. The Morgan fingerprint density at radius 2 is 1.88 bits per heavy atom. The van der Waals surface area contributed by atoms with Crippen molar-refractivity contribution in [2.75, 3.05) is 23.4 Å². The average Bonchev–Trinajstić information content (AvgIpc) is 3.62. The van der Waals surface area contributed by atoms with Crippen molar-refractivity contribution in [3.8, 4) is 5.69 Å². The van der Waals surface area contributed by atoms with E-state index in [0.717, 1.165) is 33.6 Å². The smallest absolute Gasteiger partial charge is 0.267 e. The predicted octanol–water partition coefficient (Wildman–Crippen LogP) is 5.10. The number of nitrogens with zero attached hydrogens (tertiary/aromatic N) is 5. The van der Waals surface area contributed by atoms with Crippen molar-refractivity contribution in [1.29, 1.82) is 0 Å². The lowest BCUT2D eigenvalue weighted by atomic mass is 9.98. The van der Waals surface area contributed by atoms with Gasteiger partial charge in [0.25, 0.3) is 11.5 Å². The molecule has 2 aromatic heterocycles. The lowest BCUT2D eigenvalue weighted by Crippen LogP contribution is -2.48. The first-order chi connectivity index (χ1) is 23.9. The molecule has 0 aliphatic carbocycles. The minimum absolute atomic E-state index is 0.0325. The molecule has 1 atom stereocenters. The van der Waals surface area contributed by atoms with Crippen molar-refractivity contribution in [3.05, 3.63) is 109 Å². The van der Waals surface area contributed by atoms with Crippen molar-refractivity contribution in [2.45, 2.75) is 58.5 Å². The number of aryl methyl sites for hydroxylation is 2. The number of amides is 1. The Bertz CT molecular complexity index is 2330. The molecule has 0 saturated carbocycles. The fraction of sp³-hybridized carbons (Fsp3) is 0.333. The molecule has 12 nitrogen and oxygen atoms in total. The van der Waals surface area contributed by atoms with E-state index in [1.807, 2.05) is 66.9 Å². The van der Waals surface area contributed by atoms with Crippen LogP contribution in [0.1, 0.15) is 63.8 Å². The van der Waals surface area contributed by atoms with Gasteiger partial charge in [0.15, 0.2) is 0 Å². The first-order valence-corrected chi connectivity index (χ1v) is 18.4. The quantitative estimate of drug-likeness (QED) is 0.213. The van der Waals surface area contributed by atoms with Crippen LogP contribution in [0.5, 0.6) is 0 Å². The van der Waals surface area contributed by atoms with Crippen LogP contribution in [0.25, 0.3) is 16.6 Å². The largest absolute Gasteiger partial charge is 0.378 e. The number of carbonyl (C=O) groups excluding carboxylic acids is 1. The van der Waals surface area contributed by atoms with E-state index in [1.165, 1.54) is 0 Å². The van der Waals surface area contributed by atoms with Crippen molar-refractivity contribution < 1.29 is 17.9 Å². The summed E-state index contributed by atoms with van der Waals surface area (Å²) in [6.07, 6.45) is 2.43. The summed E-state index contributed by atoms with van der Waals surface area (Å²) >= 11 is 6.52. The highest BCUT2D eigenvalue weighted by atomic mass is 35.5. The van der Waals surface area contributed by atoms with Crippen LogP contribution in [0.4, 0.5) is 11.6 Å². The lowest BCUT2D eigenvalue weighted by Gasteiger charge is -2.26. The summed E-state index contributed by atoms with van der Waals surface area (Å²) in [5, 5.41) is 8.31. The zero-order valence-corrected chi connectivity index (χ0v) is 30.0. The standard InChI is InChI=1S/C36H38ClN7O5S/c1-6-25-28(37)11-12-29(32(25)34(45)41-50(47,48)24-18-49-19-24)38-22(4)26-13-20(2)14-27-33(26)39-36(42(5)35(27)46)43-15-23-16-44(40-30(23)17-43)31-10-8-7-9-21(31)3/h7-14,16,22,24,38H,6,15,17-19H2,1-5H3,(H,41,45)/t22-/m1/s1. The van der Waals surface area contributed by atoms with Crippen molar-refractivity contribution in [3.63, 3.8) is 0 Å². The zero-order chi connectivity index (χ0) is 35.5. The summed E-state index contributed by atoms with van der Waals surface area (Å²) in [6.45, 7) is 8.84. The van der Waals surface area contributed by atoms with E-state index in [0.29, 0.717) is 52.6 Å². The Balaban J connectivity index is 1.23. The number of fused-ring (bicyclic) bond motifs is 2. The molecule has 4 heterocycles. The molecule has 2 aliphatic heterocycles. The number of para-hydroxylation sites is 1. The number of aromatic nitrogens is 4. The molecule has 0 radical (unpaired) electrons. The fourth-order valence-electron chi connectivity index (χ4n) is 6.71.